The van der Waals surface area contributed by atoms with Crippen LogP contribution in [-0.2, 0) is 4.79 Å². The number of nitrogens with two attached hydrogens (primary N) is 1. The third kappa shape index (κ3) is 3.28. The van der Waals surface area contributed by atoms with Gasteiger partial charge in [0.05, 0.1) is 5.71 Å². The van der Waals surface area contributed by atoms with Crippen LogP contribution in [0.15, 0.2) is 35.4 Å². The van der Waals surface area contributed by atoms with Gasteiger partial charge in [0.2, 0.25) is 11.8 Å². The lowest BCUT2D eigenvalue weighted by Crippen LogP contribution is -2.30. The van der Waals surface area contributed by atoms with Gasteiger partial charge in [0.1, 0.15) is 0 Å². The summed E-state index contributed by atoms with van der Waals surface area (Å²) in [6, 6.07) is 6.97. The standard InChI is InChI=1S/C14H15N3O2/c1-9-8-13(18)17-16-12(9)7-4-10-2-5-11(6-3-10)14(15)19/h2-7,9H,8H2,1H3,(H2,15,19)(H,17,18). The molecular formula is C14H15N3O2. The predicted octanol–water partition coefficient (Wildman–Crippen LogP) is 1.31. The van der Waals surface area contributed by atoms with Gasteiger partial charge in [0.25, 0.3) is 0 Å². The highest BCUT2D eigenvalue weighted by Crippen LogP contribution is 2.12. The molecule has 1 aliphatic heterocycles. The van der Waals surface area contributed by atoms with E-state index in [1.807, 2.05) is 31.2 Å². The van der Waals surface area contributed by atoms with Crippen LogP contribution in [0.2, 0.25) is 0 Å². The number of amides is 2. The molecule has 0 saturated heterocycles. The lowest BCUT2D eigenvalue weighted by molar-refractivity contribution is -0.121. The molecule has 0 aromatic heterocycles. The molecule has 3 N–H and O–H groups in total. The second-order valence-electron chi connectivity index (χ2n) is 4.50. The van der Waals surface area contributed by atoms with Crippen molar-refractivity contribution in [2.75, 3.05) is 0 Å². The normalized spacial score (nSPS) is 19.1. The highest BCUT2D eigenvalue weighted by Gasteiger charge is 2.17. The first-order valence-corrected chi connectivity index (χ1v) is 6.00. The van der Waals surface area contributed by atoms with Crippen molar-refractivity contribution in [2.24, 2.45) is 16.8 Å². The Labute approximate surface area is 111 Å². The number of primary amides is 1. The summed E-state index contributed by atoms with van der Waals surface area (Å²) >= 11 is 0. The smallest absolute Gasteiger partial charge is 0.248 e. The van der Waals surface area contributed by atoms with Crippen LogP contribution >= 0.6 is 0 Å². The summed E-state index contributed by atoms with van der Waals surface area (Å²) < 4.78 is 0. The van der Waals surface area contributed by atoms with Crippen molar-refractivity contribution in [3.8, 4) is 0 Å². The first kappa shape index (κ1) is 13.0. The number of allylic oxidation sites excluding steroid dienone is 1. The van der Waals surface area contributed by atoms with Gasteiger partial charge < -0.3 is 5.73 Å². The molecule has 2 amide bonds. The molecule has 0 fully saturated rings. The summed E-state index contributed by atoms with van der Waals surface area (Å²) in [5.41, 5.74) is 9.88. The van der Waals surface area contributed by atoms with E-state index < -0.39 is 5.91 Å². The number of hydrogen-bond acceptors (Lipinski definition) is 3. The number of benzene rings is 1. The van der Waals surface area contributed by atoms with Crippen molar-refractivity contribution < 1.29 is 9.59 Å². The van der Waals surface area contributed by atoms with Crippen LogP contribution in [0.5, 0.6) is 0 Å². The molecule has 2 rings (SSSR count). The summed E-state index contributed by atoms with van der Waals surface area (Å²) in [6.45, 7) is 1.96. The second kappa shape index (κ2) is 5.48. The molecule has 0 bridgehead atoms. The van der Waals surface area contributed by atoms with Crippen molar-refractivity contribution in [3.05, 3.63) is 41.5 Å². The Balaban J connectivity index is 2.10. The molecular weight excluding hydrogens is 242 g/mol. The van der Waals surface area contributed by atoms with E-state index in [2.05, 4.69) is 10.5 Å². The van der Waals surface area contributed by atoms with E-state index in [0.29, 0.717) is 12.0 Å². The predicted molar refractivity (Wildman–Crippen MR) is 73.4 cm³/mol. The van der Waals surface area contributed by atoms with E-state index in [1.54, 1.807) is 12.1 Å². The zero-order valence-corrected chi connectivity index (χ0v) is 10.6. The fraction of sp³-hybridized carbons (Fsp3) is 0.214. The zero-order valence-electron chi connectivity index (χ0n) is 10.6. The Morgan fingerprint density at radius 2 is 2.05 bits per heavy atom. The van der Waals surface area contributed by atoms with Gasteiger partial charge in [-0.05, 0) is 23.8 Å². The maximum Gasteiger partial charge on any atom is 0.248 e. The quantitative estimate of drug-likeness (QED) is 0.855. The number of carbonyl (C=O) groups is 2. The highest BCUT2D eigenvalue weighted by molar-refractivity contribution is 6.03. The summed E-state index contributed by atoms with van der Waals surface area (Å²) in [4.78, 5) is 22.0. The molecule has 0 aliphatic carbocycles. The fourth-order valence-electron chi connectivity index (χ4n) is 1.81. The van der Waals surface area contributed by atoms with Crippen molar-refractivity contribution >= 4 is 23.6 Å². The third-order valence-electron chi connectivity index (χ3n) is 2.95. The Kier molecular flexibility index (Phi) is 3.75. The van der Waals surface area contributed by atoms with Gasteiger partial charge in [-0.3, -0.25) is 9.59 Å². The van der Waals surface area contributed by atoms with Gasteiger partial charge in [0, 0.05) is 17.9 Å². The monoisotopic (exact) mass is 257 g/mol. The number of hydrogen-bond donors (Lipinski definition) is 2. The van der Waals surface area contributed by atoms with Crippen LogP contribution in [0, 0.1) is 5.92 Å². The Morgan fingerprint density at radius 1 is 1.37 bits per heavy atom. The molecule has 5 nitrogen and oxygen atoms in total. The molecule has 1 heterocycles. The van der Waals surface area contributed by atoms with E-state index in [4.69, 9.17) is 5.73 Å². The van der Waals surface area contributed by atoms with Gasteiger partial charge in [-0.2, -0.15) is 5.10 Å². The minimum Gasteiger partial charge on any atom is -0.366 e. The van der Waals surface area contributed by atoms with Crippen molar-refractivity contribution in [2.45, 2.75) is 13.3 Å². The fourth-order valence-corrected chi connectivity index (χ4v) is 1.81. The van der Waals surface area contributed by atoms with E-state index in [-0.39, 0.29) is 11.8 Å². The molecule has 1 aromatic carbocycles. The average Bonchev–Trinajstić information content (AvgIpc) is 2.38. The van der Waals surface area contributed by atoms with E-state index in [1.165, 1.54) is 0 Å². The third-order valence-corrected chi connectivity index (χ3v) is 2.95. The lowest BCUT2D eigenvalue weighted by atomic mass is 9.99. The van der Waals surface area contributed by atoms with Gasteiger partial charge in [0.15, 0.2) is 0 Å². The Bertz CT molecular complexity index is 559. The largest absolute Gasteiger partial charge is 0.366 e. The topological polar surface area (TPSA) is 84.6 Å². The maximum absolute atomic E-state index is 11.1. The molecule has 0 radical (unpaired) electrons. The molecule has 1 atom stereocenters. The van der Waals surface area contributed by atoms with Crippen LogP contribution in [0.4, 0.5) is 0 Å². The van der Waals surface area contributed by atoms with Gasteiger partial charge >= 0.3 is 0 Å². The van der Waals surface area contributed by atoms with E-state index in [9.17, 15) is 9.59 Å². The lowest BCUT2D eigenvalue weighted by Gasteiger charge is -2.15. The van der Waals surface area contributed by atoms with Crippen molar-refractivity contribution in [3.63, 3.8) is 0 Å². The molecule has 1 unspecified atom stereocenters. The van der Waals surface area contributed by atoms with Crippen molar-refractivity contribution in [1.29, 1.82) is 0 Å². The van der Waals surface area contributed by atoms with Crippen LogP contribution < -0.4 is 11.2 Å². The maximum atomic E-state index is 11.1. The van der Waals surface area contributed by atoms with Crippen molar-refractivity contribution in [1.82, 2.24) is 5.43 Å². The summed E-state index contributed by atoms with van der Waals surface area (Å²) in [5.74, 6) is -0.395. The molecule has 98 valence electrons. The van der Waals surface area contributed by atoms with E-state index >= 15 is 0 Å². The molecule has 5 heteroatoms. The van der Waals surface area contributed by atoms with Crippen LogP contribution in [0.25, 0.3) is 6.08 Å². The zero-order chi connectivity index (χ0) is 13.8. The summed E-state index contributed by atoms with van der Waals surface area (Å²) in [6.07, 6.45) is 4.20. The first-order chi connectivity index (χ1) is 9.06. The second-order valence-corrected chi connectivity index (χ2v) is 4.50. The number of hydrazone groups is 1. The first-order valence-electron chi connectivity index (χ1n) is 6.00. The van der Waals surface area contributed by atoms with Crippen LogP contribution in [0.3, 0.4) is 0 Å². The van der Waals surface area contributed by atoms with Gasteiger partial charge in [-0.15, -0.1) is 0 Å². The minimum atomic E-state index is -0.441. The van der Waals surface area contributed by atoms with Gasteiger partial charge in [-0.1, -0.05) is 25.1 Å². The van der Waals surface area contributed by atoms with E-state index in [0.717, 1.165) is 11.3 Å². The molecule has 19 heavy (non-hydrogen) atoms. The number of nitrogens with one attached hydrogen (secondary N) is 1. The molecule has 1 aliphatic rings. The summed E-state index contributed by atoms with van der Waals surface area (Å²) in [5, 5.41) is 4.01. The van der Waals surface area contributed by atoms with Crippen LogP contribution in [0.1, 0.15) is 29.3 Å². The Hall–Kier alpha value is -2.43. The van der Waals surface area contributed by atoms with Crippen LogP contribution in [-0.4, -0.2) is 17.5 Å². The van der Waals surface area contributed by atoms with Gasteiger partial charge in [-0.25, -0.2) is 5.43 Å². The number of nitrogens with zero attached hydrogens (tertiary/aromatic N) is 1. The SMILES string of the molecule is CC1CC(=O)NN=C1C=Cc1ccc(C(N)=O)cc1. The average molecular weight is 257 g/mol. The number of carbonyl (C=O) groups excluding carboxylic acids is 2. The number of rotatable bonds is 3. The highest BCUT2D eigenvalue weighted by atomic mass is 16.2. The Morgan fingerprint density at radius 3 is 2.63 bits per heavy atom. The molecule has 0 saturated carbocycles. The minimum absolute atomic E-state index is 0.0598. The molecule has 1 aromatic rings. The summed E-state index contributed by atoms with van der Waals surface area (Å²) in [7, 11) is 0. The molecule has 0 spiro atoms.